The van der Waals surface area contributed by atoms with Gasteiger partial charge in [-0.15, -0.1) is 0 Å². The van der Waals surface area contributed by atoms with Gasteiger partial charge in [-0.25, -0.2) is 0 Å². The smallest absolute Gasteiger partial charge is 0.0105 e. The highest BCUT2D eigenvalue weighted by Gasteiger charge is 2.18. The molecule has 13 rings (SSSR count). The molecule has 1 aliphatic rings. The van der Waals surface area contributed by atoms with Crippen molar-refractivity contribution >= 4 is 21.5 Å². The van der Waals surface area contributed by atoms with Crippen molar-refractivity contribution < 1.29 is 0 Å². The number of benzene rings is 12. The molecule has 1 aliphatic carbocycles. The van der Waals surface area contributed by atoms with E-state index in [1.54, 1.807) is 5.56 Å². The molecule has 12 aromatic rings. The second-order valence-electron chi connectivity index (χ2n) is 30.7. The van der Waals surface area contributed by atoms with Gasteiger partial charge in [-0.05, 0) is 232 Å². The summed E-state index contributed by atoms with van der Waals surface area (Å²) >= 11 is 0. The van der Waals surface area contributed by atoms with E-state index in [1.165, 1.54) is 241 Å². The average Bonchev–Trinajstić information content (AvgIpc) is 0.791. The third-order valence-electron chi connectivity index (χ3n) is 22.4. The van der Waals surface area contributed by atoms with Gasteiger partial charge in [-0.2, -0.15) is 0 Å². The first-order chi connectivity index (χ1) is 62.5. The van der Waals surface area contributed by atoms with Crippen molar-refractivity contribution in [3.05, 3.63) is 322 Å². The maximum Gasteiger partial charge on any atom is -0.0105 e. The van der Waals surface area contributed by atoms with Gasteiger partial charge in [0.2, 0.25) is 0 Å². The van der Waals surface area contributed by atoms with Crippen LogP contribution in [0.15, 0.2) is 255 Å². The molecule has 0 spiro atoms. The maximum atomic E-state index is 2.47. The van der Waals surface area contributed by atoms with E-state index in [9.17, 15) is 0 Å². The Bertz CT molecular complexity index is 4490. The fourth-order valence-corrected chi connectivity index (χ4v) is 14.8. The molecule has 0 atom stereocenters. The Labute approximate surface area is 795 Å². The van der Waals surface area contributed by atoms with Crippen LogP contribution in [0.1, 0.15) is 360 Å². The van der Waals surface area contributed by atoms with E-state index in [0.29, 0.717) is 0 Å². The molecule has 0 nitrogen and oxygen atoms in total. The fourth-order valence-electron chi connectivity index (χ4n) is 14.8. The quantitative estimate of drug-likeness (QED) is 0.0560. The highest BCUT2D eigenvalue weighted by molar-refractivity contribution is 6.07. The van der Waals surface area contributed by atoms with Gasteiger partial charge in [0, 0.05) is 0 Å². The standard InChI is InChI=1S/C25H28.C21H26.C21H24.C19H24.C18H22.12C2H6/c1-4-20(5-2)18-21-8-12-23(13-9-21)25-16-14-24(15-17-25)22-10-6-19(3)7-11-22;2*1-4-16(5-2)13-17-7-11-21-19(14-17)9-8-18-12-15(3)6-10-20(18)21;1-4-16(5-2)14-17-8-12-19(13-9-17)18-10-6-15(3)7-11-18;1-14(2)4-7-16-8-12-18(13-9-16)17-10-5-15(3)6-11-17;12*1-2/h6-17,20H,4-5,18H2,1-3H3;6-7,10-12,14,16H,4-5,8-9,13H2,1-3H3;6-12,14,16H,4-5,13H2,1-3H3;6-13,16H,4-5,14H2,1-3H3;5-6,8-14H,4,7H2,1-3H3;12*1-2H3. The molecule has 0 fully saturated rings. The normalized spacial score (nSPS) is 9.94. The Kier molecular flexibility index (Phi) is 78.7. The Morgan fingerprint density at radius 3 is 0.719 bits per heavy atom. The van der Waals surface area contributed by atoms with Crippen molar-refractivity contribution in [2.45, 2.75) is 373 Å². The van der Waals surface area contributed by atoms with E-state index in [1.807, 2.05) is 166 Å². The Morgan fingerprint density at radius 2 is 0.414 bits per heavy atom. The van der Waals surface area contributed by atoms with Gasteiger partial charge >= 0.3 is 0 Å². The topological polar surface area (TPSA) is 0 Å². The molecule has 0 aromatic heterocycles. The van der Waals surface area contributed by atoms with Crippen LogP contribution in [-0.4, -0.2) is 0 Å². The number of fused-ring (bicyclic) bond motifs is 6. The molecule has 0 aliphatic heterocycles. The van der Waals surface area contributed by atoms with E-state index in [0.717, 1.165) is 29.6 Å². The summed E-state index contributed by atoms with van der Waals surface area (Å²) in [7, 11) is 0. The van der Waals surface area contributed by atoms with Gasteiger partial charge in [0.05, 0.1) is 0 Å². The highest BCUT2D eigenvalue weighted by atomic mass is 14.2. The predicted molar refractivity (Wildman–Crippen MR) is 596 cm³/mol. The maximum absolute atomic E-state index is 2.47. The second-order valence-corrected chi connectivity index (χ2v) is 30.7. The van der Waals surface area contributed by atoms with Crippen LogP contribution in [0.25, 0.3) is 77.2 Å². The van der Waals surface area contributed by atoms with Crippen molar-refractivity contribution in [3.63, 3.8) is 0 Å². The van der Waals surface area contributed by atoms with E-state index >= 15 is 0 Å². The highest BCUT2D eigenvalue weighted by Crippen LogP contribution is 2.36. The van der Waals surface area contributed by atoms with Crippen molar-refractivity contribution in [2.75, 3.05) is 0 Å². The van der Waals surface area contributed by atoms with Gasteiger partial charge in [-0.1, -0.05) is 569 Å². The van der Waals surface area contributed by atoms with Crippen LogP contribution in [0, 0.1) is 64.2 Å². The van der Waals surface area contributed by atoms with E-state index in [-0.39, 0.29) is 0 Å². The Balaban J connectivity index is -0.000000709. The molecule has 0 unspecified atom stereocenters. The largest absolute Gasteiger partial charge is 0.0683 e. The number of aryl methyl sites for hydroxylation is 8. The zero-order valence-corrected chi connectivity index (χ0v) is 90.4. The predicted octanol–water partition coefficient (Wildman–Crippen LogP) is 42.5. The first-order valence-corrected chi connectivity index (χ1v) is 52.2. The SMILES string of the molecule is CC.CC.CC.CC.CC.CC.CC.CC.CC.CC.CC.CC.CCC(CC)Cc1ccc(-c2ccc(-c3ccc(C)cc3)cc2)cc1.CCC(CC)Cc1ccc(-c2ccc(C)cc2)cc1.CCC(CC)Cc1ccc2c(c1)CCc1cc(C)ccc1-2.CCC(CC)Cc1ccc2c(ccc3cc(C)ccc32)c1.Cc1ccc(-c2ccc(CCC(C)C)cc2)cc1. The lowest BCUT2D eigenvalue weighted by molar-refractivity contribution is 0.490. The molecule has 12 aromatic carbocycles. The number of hydrogen-bond donors (Lipinski definition) is 0. The fraction of sp³-hybridized carbons (Fsp3) is 0.469. The van der Waals surface area contributed by atoms with Crippen LogP contribution in [0.4, 0.5) is 0 Å². The first kappa shape index (κ1) is 125. The van der Waals surface area contributed by atoms with Crippen molar-refractivity contribution in [2.24, 2.45) is 29.6 Å². The first-order valence-electron chi connectivity index (χ1n) is 52.2. The molecular formula is C128H196. The summed E-state index contributed by atoms with van der Waals surface area (Å²) in [5.41, 5.74) is 30.3. The number of rotatable bonds is 23. The van der Waals surface area contributed by atoms with Crippen LogP contribution in [-0.2, 0) is 44.9 Å². The molecule has 0 amide bonds. The van der Waals surface area contributed by atoms with Crippen molar-refractivity contribution in [1.82, 2.24) is 0 Å². The van der Waals surface area contributed by atoms with Crippen LogP contribution in [0.3, 0.4) is 0 Å². The summed E-state index contributed by atoms with van der Waals surface area (Å²) in [6, 6.07) is 94.6. The molecule has 128 heavy (non-hydrogen) atoms. The van der Waals surface area contributed by atoms with Crippen LogP contribution in [0.2, 0.25) is 0 Å². The average molecular weight is 1730 g/mol. The Hall–Kier alpha value is -8.84. The van der Waals surface area contributed by atoms with Gasteiger partial charge in [0.25, 0.3) is 0 Å². The molecule has 0 saturated carbocycles. The zero-order valence-electron chi connectivity index (χ0n) is 90.4. The summed E-state index contributed by atoms with van der Waals surface area (Å²) in [6.07, 6.45) is 19.9. The lowest BCUT2D eigenvalue weighted by Gasteiger charge is -2.22. The third-order valence-corrected chi connectivity index (χ3v) is 22.4. The second kappa shape index (κ2) is 80.3. The minimum Gasteiger partial charge on any atom is -0.0683 e. The molecule has 708 valence electrons. The van der Waals surface area contributed by atoms with Gasteiger partial charge < -0.3 is 0 Å². The van der Waals surface area contributed by atoms with Gasteiger partial charge in [-0.3, -0.25) is 0 Å². The minimum absolute atomic E-state index is 0.779. The monoisotopic (exact) mass is 1730 g/mol. The molecule has 0 bridgehead atoms. The lowest BCUT2D eigenvalue weighted by atomic mass is 9.83. The molecule has 0 heterocycles. The summed E-state index contributed by atoms with van der Waals surface area (Å²) in [4.78, 5) is 0. The minimum atomic E-state index is 0.779. The van der Waals surface area contributed by atoms with E-state index in [2.05, 4.69) is 359 Å². The molecule has 0 heteroatoms. The lowest BCUT2D eigenvalue weighted by Crippen LogP contribution is -2.07. The van der Waals surface area contributed by atoms with Crippen LogP contribution < -0.4 is 0 Å². The number of hydrogen-bond acceptors (Lipinski definition) is 0. The summed E-state index contributed by atoms with van der Waals surface area (Å²) in [5.74, 6) is 4.05. The Morgan fingerprint density at radius 1 is 0.203 bits per heavy atom. The molecule has 0 N–H and O–H groups in total. The van der Waals surface area contributed by atoms with Crippen molar-refractivity contribution in [3.8, 4) is 55.6 Å². The molecular weight excluding hydrogens is 1540 g/mol. The van der Waals surface area contributed by atoms with Gasteiger partial charge in [0.1, 0.15) is 0 Å². The summed E-state index contributed by atoms with van der Waals surface area (Å²) < 4.78 is 0. The van der Waals surface area contributed by atoms with Gasteiger partial charge in [0.15, 0.2) is 0 Å². The third kappa shape index (κ3) is 46.6. The zero-order chi connectivity index (χ0) is 97.9. The van der Waals surface area contributed by atoms with Crippen molar-refractivity contribution in [1.29, 1.82) is 0 Å². The van der Waals surface area contributed by atoms with Crippen LogP contribution >= 0.6 is 0 Å². The summed E-state index contributed by atoms with van der Waals surface area (Å²) in [5, 5.41) is 5.46. The van der Waals surface area contributed by atoms with E-state index < -0.39 is 0 Å². The molecule has 0 radical (unpaired) electrons. The summed E-state index contributed by atoms with van der Waals surface area (Å²) in [6.45, 7) is 81.6. The van der Waals surface area contributed by atoms with E-state index in [4.69, 9.17) is 0 Å². The van der Waals surface area contributed by atoms with Crippen LogP contribution in [0.5, 0.6) is 0 Å². The molecule has 0 saturated heterocycles.